The number of aryl methyl sites for hydroxylation is 1. The topological polar surface area (TPSA) is 20.3 Å². The third-order valence-corrected chi connectivity index (χ3v) is 7.82. The van der Waals surface area contributed by atoms with Gasteiger partial charge in [-0.05, 0) is 87.5 Å². The van der Waals surface area contributed by atoms with Gasteiger partial charge in [-0.25, -0.2) is 0 Å². The van der Waals surface area contributed by atoms with Crippen molar-refractivity contribution in [1.29, 1.82) is 0 Å². The summed E-state index contributed by atoms with van der Waals surface area (Å²) in [6.45, 7) is 4.19. The Morgan fingerprint density at radius 2 is 1.60 bits per heavy atom. The summed E-state index contributed by atoms with van der Waals surface area (Å²) in [6, 6.07) is 9.27. The number of hydrogen-bond acceptors (Lipinski definition) is 1. The minimum Gasteiger partial charge on any atom is -0.342 e. The molecule has 4 aliphatic carbocycles. The zero-order valence-electron chi connectivity index (χ0n) is 15.6. The molecule has 2 heteroatoms. The molecule has 1 amide bonds. The van der Waals surface area contributed by atoms with Crippen molar-refractivity contribution in [2.24, 2.45) is 17.3 Å². The molecule has 0 unspecified atom stereocenters. The molecule has 1 heterocycles. The molecule has 0 spiro atoms. The van der Waals surface area contributed by atoms with Crippen molar-refractivity contribution in [3.63, 3.8) is 0 Å². The standard InChI is InChI=1S/C23H31NO/c1-17-5-7-20(8-6-17)22-12-18-11-19(13-22)15-23(14-18,16-22)21(25)24-9-3-2-4-10-24/h5-8,18-19H,2-4,9-16H2,1H3/t18-,19-,22?,23?/m1/s1. The van der Waals surface area contributed by atoms with Gasteiger partial charge < -0.3 is 4.90 Å². The van der Waals surface area contributed by atoms with E-state index in [1.807, 2.05) is 0 Å². The summed E-state index contributed by atoms with van der Waals surface area (Å²) in [7, 11) is 0. The third kappa shape index (κ3) is 2.47. The Labute approximate surface area is 152 Å². The minimum atomic E-state index is -0.0354. The maximum Gasteiger partial charge on any atom is 0.228 e. The van der Waals surface area contributed by atoms with Gasteiger partial charge in [-0.15, -0.1) is 0 Å². The molecular weight excluding hydrogens is 306 g/mol. The predicted octanol–water partition coefficient (Wildman–Crippen LogP) is 4.85. The van der Waals surface area contributed by atoms with Gasteiger partial charge in [0.2, 0.25) is 5.91 Å². The number of rotatable bonds is 2. The van der Waals surface area contributed by atoms with Crippen LogP contribution in [0.5, 0.6) is 0 Å². The van der Waals surface area contributed by atoms with Crippen LogP contribution in [0.15, 0.2) is 24.3 Å². The minimum absolute atomic E-state index is 0.0354. The quantitative estimate of drug-likeness (QED) is 0.756. The van der Waals surface area contributed by atoms with Gasteiger partial charge in [-0.2, -0.15) is 0 Å². The van der Waals surface area contributed by atoms with Crippen LogP contribution in [-0.2, 0) is 10.2 Å². The molecule has 1 saturated heterocycles. The van der Waals surface area contributed by atoms with Crippen LogP contribution in [0.2, 0.25) is 0 Å². The smallest absolute Gasteiger partial charge is 0.228 e. The molecule has 2 nitrogen and oxygen atoms in total. The molecule has 0 aromatic heterocycles. The van der Waals surface area contributed by atoms with Gasteiger partial charge in [0.05, 0.1) is 5.41 Å². The SMILES string of the molecule is Cc1ccc(C23C[C@H]4C[C@@H](CC(C(=O)N5CCCCC5)(C4)C2)C3)cc1. The highest BCUT2D eigenvalue weighted by Crippen LogP contribution is 2.66. The van der Waals surface area contributed by atoms with E-state index in [4.69, 9.17) is 0 Å². The Morgan fingerprint density at radius 3 is 2.24 bits per heavy atom. The lowest BCUT2D eigenvalue weighted by Gasteiger charge is -2.62. The monoisotopic (exact) mass is 337 g/mol. The average Bonchev–Trinajstić information content (AvgIpc) is 2.61. The Balaban J connectivity index is 1.50. The molecule has 0 radical (unpaired) electrons. The number of carbonyl (C=O) groups is 1. The van der Waals surface area contributed by atoms with E-state index in [0.717, 1.165) is 31.3 Å². The van der Waals surface area contributed by atoms with Crippen LogP contribution in [0.4, 0.5) is 0 Å². The lowest BCUT2D eigenvalue weighted by atomic mass is 9.42. The molecule has 25 heavy (non-hydrogen) atoms. The number of benzene rings is 1. The van der Waals surface area contributed by atoms with Crippen molar-refractivity contribution in [2.75, 3.05) is 13.1 Å². The number of likely N-dealkylation sites (tertiary alicyclic amines) is 1. The first kappa shape index (κ1) is 15.9. The van der Waals surface area contributed by atoms with Crippen molar-refractivity contribution in [2.45, 2.75) is 70.1 Å². The molecule has 134 valence electrons. The number of amides is 1. The number of carbonyl (C=O) groups excluding carboxylic acids is 1. The summed E-state index contributed by atoms with van der Waals surface area (Å²) in [5.74, 6) is 2.07. The van der Waals surface area contributed by atoms with Crippen LogP contribution in [-0.4, -0.2) is 23.9 Å². The summed E-state index contributed by atoms with van der Waals surface area (Å²) in [5, 5.41) is 0. The van der Waals surface area contributed by atoms with Crippen molar-refractivity contribution < 1.29 is 4.79 Å². The van der Waals surface area contributed by atoms with Crippen LogP contribution in [0.3, 0.4) is 0 Å². The van der Waals surface area contributed by atoms with E-state index in [-0.39, 0.29) is 10.8 Å². The Bertz CT molecular complexity index is 656. The zero-order chi connectivity index (χ0) is 17.1. The largest absolute Gasteiger partial charge is 0.342 e. The van der Waals surface area contributed by atoms with E-state index in [0.29, 0.717) is 5.91 Å². The first-order valence-electron chi connectivity index (χ1n) is 10.5. The second-order valence-electron chi connectivity index (χ2n) is 9.74. The molecule has 2 atom stereocenters. The van der Waals surface area contributed by atoms with E-state index in [1.54, 1.807) is 0 Å². The van der Waals surface area contributed by atoms with E-state index >= 15 is 0 Å². The molecule has 0 N–H and O–H groups in total. The Kier molecular flexibility index (Phi) is 3.56. The fourth-order valence-electron chi connectivity index (χ4n) is 7.19. The maximum atomic E-state index is 13.6. The second-order valence-corrected chi connectivity index (χ2v) is 9.74. The summed E-state index contributed by atoms with van der Waals surface area (Å²) >= 11 is 0. The zero-order valence-corrected chi connectivity index (χ0v) is 15.6. The highest BCUT2D eigenvalue weighted by molar-refractivity contribution is 5.83. The summed E-state index contributed by atoms with van der Waals surface area (Å²) in [5.41, 5.74) is 3.10. The van der Waals surface area contributed by atoms with Crippen molar-refractivity contribution >= 4 is 5.91 Å². The van der Waals surface area contributed by atoms with Gasteiger partial charge in [0.15, 0.2) is 0 Å². The fraction of sp³-hybridized carbons (Fsp3) is 0.696. The highest BCUT2D eigenvalue weighted by Gasteiger charge is 2.61. The summed E-state index contributed by atoms with van der Waals surface area (Å²) < 4.78 is 0. The van der Waals surface area contributed by atoms with Gasteiger partial charge >= 0.3 is 0 Å². The third-order valence-electron chi connectivity index (χ3n) is 7.82. The van der Waals surface area contributed by atoms with Crippen LogP contribution < -0.4 is 0 Å². The molecule has 4 bridgehead atoms. The van der Waals surface area contributed by atoms with Gasteiger partial charge in [0.25, 0.3) is 0 Å². The van der Waals surface area contributed by atoms with Gasteiger partial charge in [-0.3, -0.25) is 4.79 Å². The normalized spacial score (nSPS) is 39.6. The van der Waals surface area contributed by atoms with Crippen molar-refractivity contribution in [1.82, 2.24) is 4.90 Å². The summed E-state index contributed by atoms with van der Waals surface area (Å²) in [6.07, 6.45) is 11.2. The van der Waals surface area contributed by atoms with Crippen molar-refractivity contribution in [3.05, 3.63) is 35.4 Å². The Morgan fingerprint density at radius 1 is 0.960 bits per heavy atom. The van der Waals surface area contributed by atoms with Crippen molar-refractivity contribution in [3.8, 4) is 0 Å². The molecule has 1 aromatic rings. The molecular formula is C23H31NO. The average molecular weight is 338 g/mol. The number of piperidine rings is 1. The maximum absolute atomic E-state index is 13.6. The molecule has 5 fully saturated rings. The Hall–Kier alpha value is -1.31. The highest BCUT2D eigenvalue weighted by atomic mass is 16.2. The van der Waals surface area contributed by atoms with Crippen LogP contribution in [0.25, 0.3) is 0 Å². The van der Waals surface area contributed by atoms with Crippen LogP contribution in [0.1, 0.15) is 68.9 Å². The van der Waals surface area contributed by atoms with Gasteiger partial charge in [-0.1, -0.05) is 29.8 Å². The molecule has 1 aromatic carbocycles. The first-order valence-corrected chi connectivity index (χ1v) is 10.5. The number of hydrogen-bond donors (Lipinski definition) is 0. The lowest BCUT2D eigenvalue weighted by molar-refractivity contribution is -0.161. The van der Waals surface area contributed by atoms with Gasteiger partial charge in [0.1, 0.15) is 0 Å². The first-order chi connectivity index (χ1) is 12.1. The molecule has 4 saturated carbocycles. The van der Waals surface area contributed by atoms with E-state index in [1.165, 1.54) is 62.5 Å². The lowest BCUT2D eigenvalue weighted by Crippen LogP contribution is -2.60. The van der Waals surface area contributed by atoms with E-state index in [2.05, 4.69) is 36.1 Å². The fourth-order valence-corrected chi connectivity index (χ4v) is 7.19. The van der Waals surface area contributed by atoms with Crippen LogP contribution in [0, 0.1) is 24.2 Å². The van der Waals surface area contributed by atoms with E-state index < -0.39 is 0 Å². The van der Waals surface area contributed by atoms with E-state index in [9.17, 15) is 4.79 Å². The van der Waals surface area contributed by atoms with Crippen LogP contribution >= 0.6 is 0 Å². The predicted molar refractivity (Wildman–Crippen MR) is 100 cm³/mol. The summed E-state index contributed by atoms with van der Waals surface area (Å²) in [4.78, 5) is 15.8. The molecule has 1 aliphatic heterocycles. The molecule has 6 rings (SSSR count). The second kappa shape index (κ2) is 5.59. The van der Waals surface area contributed by atoms with Gasteiger partial charge in [0, 0.05) is 13.1 Å². The number of nitrogens with zero attached hydrogens (tertiary/aromatic N) is 1. The molecule has 5 aliphatic rings.